The predicted octanol–water partition coefficient (Wildman–Crippen LogP) is 3.49. The molecule has 0 atom stereocenters. The Hall–Kier alpha value is -2.89. The van der Waals surface area contributed by atoms with Crippen molar-refractivity contribution in [1.29, 1.82) is 0 Å². The molecule has 1 N–H and O–H groups in total. The molecule has 0 saturated heterocycles. The minimum atomic E-state index is -3.60. The quantitative estimate of drug-likeness (QED) is 0.449. The van der Waals surface area contributed by atoms with Gasteiger partial charge < -0.3 is 0 Å². The minimum absolute atomic E-state index is 0.128. The van der Waals surface area contributed by atoms with E-state index in [4.69, 9.17) is 0 Å². The van der Waals surface area contributed by atoms with Crippen molar-refractivity contribution in [2.45, 2.75) is 18.7 Å². The van der Waals surface area contributed by atoms with E-state index in [9.17, 15) is 23.3 Å². The van der Waals surface area contributed by atoms with Gasteiger partial charge in [-0.25, -0.2) is 13.4 Å². The number of amides is 1. The number of hydrogen-bond donors (Lipinski definition) is 1. The first kappa shape index (κ1) is 20.8. The van der Waals surface area contributed by atoms with Gasteiger partial charge in [0.1, 0.15) is 0 Å². The second-order valence-corrected chi connectivity index (χ2v) is 8.97. The average molecular weight is 434 g/mol. The summed E-state index contributed by atoms with van der Waals surface area (Å²) < 4.78 is 27.3. The Balaban J connectivity index is 1.88. The fourth-order valence-corrected chi connectivity index (χ4v) is 5.22. The van der Waals surface area contributed by atoms with Gasteiger partial charge in [-0.1, -0.05) is 31.3 Å². The summed E-state index contributed by atoms with van der Waals surface area (Å²) in [6.07, 6.45) is 0. The maximum atomic E-state index is 12.7. The highest BCUT2D eigenvalue weighted by Crippen LogP contribution is 2.29. The molecule has 152 valence electrons. The fraction of sp³-hybridized carbons (Fsp3) is 0.222. The molecule has 1 amide bonds. The number of nitrogens with zero attached hydrogens (tertiary/aromatic N) is 3. The van der Waals surface area contributed by atoms with E-state index in [2.05, 4.69) is 10.3 Å². The van der Waals surface area contributed by atoms with E-state index in [0.717, 1.165) is 11.3 Å². The van der Waals surface area contributed by atoms with E-state index < -0.39 is 20.9 Å². The van der Waals surface area contributed by atoms with Crippen molar-refractivity contribution in [3.63, 3.8) is 0 Å². The minimum Gasteiger partial charge on any atom is -0.298 e. The van der Waals surface area contributed by atoms with E-state index in [-0.39, 0.29) is 21.3 Å². The zero-order chi connectivity index (χ0) is 21.2. The van der Waals surface area contributed by atoms with Crippen LogP contribution >= 0.6 is 11.3 Å². The highest BCUT2D eigenvalue weighted by molar-refractivity contribution is 7.89. The smallest absolute Gasteiger partial charge is 0.270 e. The van der Waals surface area contributed by atoms with Gasteiger partial charge in [-0.05, 0) is 24.3 Å². The first-order chi connectivity index (χ1) is 13.8. The molecule has 0 saturated carbocycles. The molecule has 0 unspecified atom stereocenters. The highest BCUT2D eigenvalue weighted by Gasteiger charge is 2.22. The summed E-state index contributed by atoms with van der Waals surface area (Å²) in [6.45, 7) is 4.27. The number of fused-ring (bicyclic) bond motifs is 1. The number of nitro benzene ring substituents is 1. The fourth-order valence-electron chi connectivity index (χ4n) is 2.76. The van der Waals surface area contributed by atoms with Crippen molar-refractivity contribution in [2.24, 2.45) is 0 Å². The van der Waals surface area contributed by atoms with Crippen LogP contribution in [0.3, 0.4) is 0 Å². The summed E-state index contributed by atoms with van der Waals surface area (Å²) in [5, 5.41) is 13.7. The molecule has 11 heteroatoms. The van der Waals surface area contributed by atoms with Crippen LogP contribution in [0.15, 0.2) is 47.4 Å². The number of nitrogens with one attached hydrogen (secondary N) is 1. The monoisotopic (exact) mass is 434 g/mol. The number of hydrogen-bond acceptors (Lipinski definition) is 7. The molecule has 0 aliphatic heterocycles. The van der Waals surface area contributed by atoms with Gasteiger partial charge in [-0.2, -0.15) is 4.31 Å². The number of sulfonamides is 1. The van der Waals surface area contributed by atoms with E-state index in [1.165, 1.54) is 40.7 Å². The average Bonchev–Trinajstić information content (AvgIpc) is 3.10. The normalized spacial score (nSPS) is 11.7. The molecular weight excluding hydrogens is 416 g/mol. The number of thiazole rings is 1. The third kappa shape index (κ3) is 4.26. The SMILES string of the molecule is CCN(CC)S(=O)(=O)c1ccc2nc(NC(=O)c3cccc([N+](=O)[O-])c3)sc2c1. The summed E-state index contributed by atoms with van der Waals surface area (Å²) in [7, 11) is -3.60. The Morgan fingerprint density at radius 3 is 2.59 bits per heavy atom. The topological polar surface area (TPSA) is 123 Å². The Morgan fingerprint density at radius 2 is 1.93 bits per heavy atom. The highest BCUT2D eigenvalue weighted by atomic mass is 32.2. The van der Waals surface area contributed by atoms with Gasteiger partial charge in [-0.15, -0.1) is 0 Å². The van der Waals surface area contributed by atoms with E-state index >= 15 is 0 Å². The van der Waals surface area contributed by atoms with Crippen LogP contribution in [0.5, 0.6) is 0 Å². The molecule has 3 aromatic rings. The van der Waals surface area contributed by atoms with Crippen LogP contribution in [0.1, 0.15) is 24.2 Å². The van der Waals surface area contributed by atoms with Crippen molar-refractivity contribution in [3.05, 3.63) is 58.1 Å². The van der Waals surface area contributed by atoms with E-state index in [1.54, 1.807) is 19.9 Å². The summed E-state index contributed by atoms with van der Waals surface area (Å²) in [6, 6.07) is 9.97. The van der Waals surface area contributed by atoms with Gasteiger partial charge in [-0.3, -0.25) is 20.2 Å². The number of aromatic nitrogens is 1. The molecule has 0 fully saturated rings. The maximum absolute atomic E-state index is 12.7. The molecule has 0 bridgehead atoms. The van der Waals surface area contributed by atoms with Gasteiger partial charge in [0.05, 0.1) is 20.0 Å². The van der Waals surface area contributed by atoms with Crippen LogP contribution in [-0.2, 0) is 10.0 Å². The summed E-state index contributed by atoms with van der Waals surface area (Å²) >= 11 is 1.13. The standard InChI is InChI=1S/C18H18N4O5S2/c1-3-21(4-2)29(26,27)14-8-9-15-16(11-14)28-18(19-15)20-17(23)12-6-5-7-13(10-12)22(24)25/h5-11H,3-4H2,1-2H3,(H,19,20,23). The number of carbonyl (C=O) groups excluding carboxylic acids is 1. The molecular formula is C18H18N4O5S2. The van der Waals surface area contributed by atoms with Crippen LogP contribution in [0.2, 0.25) is 0 Å². The molecule has 3 rings (SSSR count). The maximum Gasteiger partial charge on any atom is 0.270 e. The largest absolute Gasteiger partial charge is 0.298 e. The molecule has 0 aliphatic carbocycles. The van der Waals surface area contributed by atoms with Gasteiger partial charge in [0.2, 0.25) is 10.0 Å². The molecule has 29 heavy (non-hydrogen) atoms. The third-order valence-corrected chi connectivity index (χ3v) is 7.22. The van der Waals surface area contributed by atoms with Crippen LogP contribution < -0.4 is 5.32 Å². The number of non-ortho nitro benzene ring substituents is 1. The zero-order valence-electron chi connectivity index (χ0n) is 15.7. The van der Waals surface area contributed by atoms with Crippen LogP contribution in [-0.4, -0.2) is 41.6 Å². The van der Waals surface area contributed by atoms with Crippen molar-refractivity contribution >= 4 is 48.3 Å². The zero-order valence-corrected chi connectivity index (χ0v) is 17.3. The lowest BCUT2D eigenvalue weighted by molar-refractivity contribution is -0.384. The number of rotatable bonds is 7. The molecule has 9 nitrogen and oxygen atoms in total. The Morgan fingerprint density at radius 1 is 1.21 bits per heavy atom. The van der Waals surface area contributed by atoms with Crippen molar-refractivity contribution < 1.29 is 18.1 Å². The van der Waals surface area contributed by atoms with Gasteiger partial charge in [0.15, 0.2) is 5.13 Å². The predicted molar refractivity (Wildman–Crippen MR) is 111 cm³/mol. The first-order valence-electron chi connectivity index (χ1n) is 8.72. The summed E-state index contributed by atoms with van der Waals surface area (Å²) in [4.78, 5) is 27.1. The second-order valence-electron chi connectivity index (χ2n) is 6.00. The van der Waals surface area contributed by atoms with Gasteiger partial charge >= 0.3 is 0 Å². The molecule has 0 radical (unpaired) electrons. The molecule has 0 aliphatic rings. The van der Waals surface area contributed by atoms with Crippen molar-refractivity contribution in [1.82, 2.24) is 9.29 Å². The van der Waals surface area contributed by atoms with Crippen molar-refractivity contribution in [2.75, 3.05) is 18.4 Å². The summed E-state index contributed by atoms with van der Waals surface area (Å²) in [5.74, 6) is -0.538. The Labute approximate surface area is 171 Å². The summed E-state index contributed by atoms with van der Waals surface area (Å²) in [5.41, 5.74) is 0.485. The van der Waals surface area contributed by atoms with Crippen molar-refractivity contribution in [3.8, 4) is 0 Å². The van der Waals surface area contributed by atoms with Gasteiger partial charge in [0, 0.05) is 30.8 Å². The van der Waals surface area contributed by atoms with Crippen LogP contribution in [0, 0.1) is 10.1 Å². The molecule has 0 spiro atoms. The number of carbonyl (C=O) groups is 1. The van der Waals surface area contributed by atoms with E-state index in [0.29, 0.717) is 23.3 Å². The lowest BCUT2D eigenvalue weighted by Crippen LogP contribution is -2.30. The van der Waals surface area contributed by atoms with Crippen LogP contribution in [0.4, 0.5) is 10.8 Å². The first-order valence-corrected chi connectivity index (χ1v) is 11.0. The number of nitro groups is 1. The van der Waals surface area contributed by atoms with Gasteiger partial charge in [0.25, 0.3) is 11.6 Å². The van der Waals surface area contributed by atoms with Crippen LogP contribution in [0.25, 0.3) is 10.2 Å². The number of anilines is 1. The molecule has 1 heterocycles. The molecule has 2 aromatic carbocycles. The lowest BCUT2D eigenvalue weighted by atomic mass is 10.2. The van der Waals surface area contributed by atoms with E-state index in [1.807, 2.05) is 0 Å². The second kappa shape index (κ2) is 8.23. The lowest BCUT2D eigenvalue weighted by Gasteiger charge is -2.18. The third-order valence-electron chi connectivity index (χ3n) is 4.24. The number of benzene rings is 2. The molecule has 1 aromatic heterocycles. The Kier molecular flexibility index (Phi) is 5.91. The Bertz CT molecular complexity index is 1190.